The summed E-state index contributed by atoms with van der Waals surface area (Å²) in [7, 11) is 0. The van der Waals surface area contributed by atoms with E-state index in [0.29, 0.717) is 13.1 Å². The SMILES string of the molecule is [2H]C(CCCc1ccccc1)NCC(=O)NCCN. The smallest absolute Gasteiger partial charge is 0.234 e. The van der Waals surface area contributed by atoms with Crippen LogP contribution in [0.5, 0.6) is 0 Å². The number of hydrogen-bond acceptors (Lipinski definition) is 3. The first kappa shape index (κ1) is 13.1. The fourth-order valence-corrected chi connectivity index (χ4v) is 1.59. The highest BCUT2D eigenvalue weighted by atomic mass is 16.1. The summed E-state index contributed by atoms with van der Waals surface area (Å²) in [6.45, 7) is 0.705. The van der Waals surface area contributed by atoms with Gasteiger partial charge >= 0.3 is 0 Å². The number of carbonyl (C=O) groups is 1. The molecule has 100 valence electrons. The molecule has 18 heavy (non-hydrogen) atoms. The number of nitrogens with two attached hydrogens (primary N) is 1. The summed E-state index contributed by atoms with van der Waals surface area (Å²) < 4.78 is 7.79. The van der Waals surface area contributed by atoms with Gasteiger partial charge in [-0.05, 0) is 31.3 Å². The number of amides is 1. The molecule has 0 fully saturated rings. The minimum absolute atomic E-state index is 0.106. The number of carbonyl (C=O) groups excluding carboxylic acids is 1. The van der Waals surface area contributed by atoms with Crippen molar-refractivity contribution in [2.75, 3.05) is 26.2 Å². The highest BCUT2D eigenvalue weighted by Gasteiger charge is 1.98. The topological polar surface area (TPSA) is 67.2 Å². The van der Waals surface area contributed by atoms with E-state index in [9.17, 15) is 4.79 Å². The maximum absolute atomic E-state index is 11.3. The largest absolute Gasteiger partial charge is 0.354 e. The minimum atomic E-state index is -0.396. The van der Waals surface area contributed by atoms with Crippen molar-refractivity contribution in [2.45, 2.75) is 19.3 Å². The first-order valence-corrected chi connectivity index (χ1v) is 6.38. The van der Waals surface area contributed by atoms with Gasteiger partial charge in [-0.2, -0.15) is 0 Å². The molecule has 0 aliphatic heterocycles. The summed E-state index contributed by atoms with van der Waals surface area (Å²) in [5.74, 6) is -0.106. The monoisotopic (exact) mass is 250 g/mol. The number of aryl methyl sites for hydroxylation is 1. The standard InChI is InChI=1S/C14H23N3O/c15-9-11-17-14(18)12-16-10-5-4-8-13-6-2-1-3-7-13/h1-3,6-7,16H,4-5,8-12,15H2,(H,17,18)/i10D. The van der Waals surface area contributed by atoms with Crippen LogP contribution in [0.25, 0.3) is 0 Å². The zero-order chi connectivity index (χ0) is 13.9. The Morgan fingerprint density at radius 2 is 2.06 bits per heavy atom. The number of rotatable bonds is 9. The van der Waals surface area contributed by atoms with Gasteiger partial charge in [0.1, 0.15) is 0 Å². The zero-order valence-electron chi connectivity index (χ0n) is 11.7. The third-order valence-corrected chi connectivity index (χ3v) is 2.53. The van der Waals surface area contributed by atoms with Crippen LogP contribution >= 0.6 is 0 Å². The van der Waals surface area contributed by atoms with Gasteiger partial charge in [0.2, 0.25) is 5.91 Å². The second-order valence-corrected chi connectivity index (χ2v) is 4.10. The highest BCUT2D eigenvalue weighted by Crippen LogP contribution is 2.03. The summed E-state index contributed by atoms with van der Waals surface area (Å²) >= 11 is 0. The van der Waals surface area contributed by atoms with Crippen LogP contribution in [0.3, 0.4) is 0 Å². The third kappa shape index (κ3) is 7.04. The summed E-state index contributed by atoms with van der Waals surface area (Å²) in [5, 5.41) is 5.55. The molecule has 0 aromatic heterocycles. The molecule has 0 aliphatic rings. The van der Waals surface area contributed by atoms with E-state index in [1.54, 1.807) is 0 Å². The molecule has 1 aromatic rings. The first-order valence-electron chi connectivity index (χ1n) is 6.96. The Labute approximate surface area is 110 Å². The first-order chi connectivity index (χ1) is 9.22. The van der Waals surface area contributed by atoms with E-state index < -0.39 is 6.52 Å². The minimum Gasteiger partial charge on any atom is -0.354 e. The van der Waals surface area contributed by atoms with Crippen molar-refractivity contribution in [1.29, 1.82) is 0 Å². The van der Waals surface area contributed by atoms with E-state index in [0.717, 1.165) is 19.3 Å². The Morgan fingerprint density at radius 1 is 1.28 bits per heavy atom. The van der Waals surface area contributed by atoms with E-state index in [2.05, 4.69) is 22.8 Å². The molecular formula is C14H23N3O. The van der Waals surface area contributed by atoms with Gasteiger partial charge < -0.3 is 16.4 Å². The molecule has 0 saturated carbocycles. The van der Waals surface area contributed by atoms with Crippen LogP contribution in [-0.2, 0) is 11.2 Å². The third-order valence-electron chi connectivity index (χ3n) is 2.53. The van der Waals surface area contributed by atoms with Crippen molar-refractivity contribution in [3.63, 3.8) is 0 Å². The van der Waals surface area contributed by atoms with Gasteiger partial charge in [-0.25, -0.2) is 0 Å². The van der Waals surface area contributed by atoms with Gasteiger partial charge in [0, 0.05) is 14.5 Å². The lowest BCUT2D eigenvalue weighted by molar-refractivity contribution is -0.120. The van der Waals surface area contributed by atoms with E-state index >= 15 is 0 Å². The maximum Gasteiger partial charge on any atom is 0.234 e. The predicted octanol–water partition coefficient (Wildman–Crippen LogP) is 0.674. The second-order valence-electron chi connectivity index (χ2n) is 4.10. The van der Waals surface area contributed by atoms with Gasteiger partial charge in [0.05, 0.1) is 6.54 Å². The molecule has 0 aliphatic carbocycles. The lowest BCUT2D eigenvalue weighted by atomic mass is 10.1. The average Bonchev–Trinajstić information content (AvgIpc) is 2.44. The van der Waals surface area contributed by atoms with Crippen molar-refractivity contribution >= 4 is 5.91 Å². The second kappa shape index (κ2) is 9.62. The molecule has 1 amide bonds. The van der Waals surface area contributed by atoms with Gasteiger partial charge in [0.25, 0.3) is 0 Å². The maximum atomic E-state index is 11.3. The fraction of sp³-hybridized carbons (Fsp3) is 0.500. The van der Waals surface area contributed by atoms with E-state index in [-0.39, 0.29) is 12.5 Å². The lowest BCUT2D eigenvalue weighted by Gasteiger charge is -2.05. The molecular weight excluding hydrogens is 226 g/mol. The van der Waals surface area contributed by atoms with Crippen molar-refractivity contribution in [3.05, 3.63) is 35.9 Å². The summed E-state index contributed by atoms with van der Waals surface area (Å²) in [6, 6.07) is 10.2. The summed E-state index contributed by atoms with van der Waals surface area (Å²) in [5.41, 5.74) is 6.57. The molecule has 4 heteroatoms. The Hall–Kier alpha value is -1.39. The molecule has 1 unspecified atom stereocenters. The molecule has 0 spiro atoms. The van der Waals surface area contributed by atoms with Crippen molar-refractivity contribution in [3.8, 4) is 0 Å². The average molecular weight is 250 g/mol. The fourth-order valence-electron chi connectivity index (χ4n) is 1.59. The van der Waals surface area contributed by atoms with Gasteiger partial charge in [-0.15, -0.1) is 0 Å². The predicted molar refractivity (Wildman–Crippen MR) is 74.3 cm³/mol. The van der Waals surface area contributed by atoms with E-state index in [1.165, 1.54) is 5.56 Å². The number of hydrogen-bond donors (Lipinski definition) is 3. The number of benzene rings is 1. The summed E-state index contributed by atoms with van der Waals surface area (Å²) in [6.07, 6.45) is 2.64. The van der Waals surface area contributed by atoms with Crippen LogP contribution in [0.15, 0.2) is 30.3 Å². The Bertz CT molecular complexity index is 359. The molecule has 4 nitrogen and oxygen atoms in total. The van der Waals surface area contributed by atoms with Crippen LogP contribution in [0.4, 0.5) is 0 Å². The summed E-state index contributed by atoms with van der Waals surface area (Å²) in [4.78, 5) is 11.3. The van der Waals surface area contributed by atoms with Crippen molar-refractivity contribution < 1.29 is 6.17 Å². The van der Waals surface area contributed by atoms with Crippen molar-refractivity contribution in [2.24, 2.45) is 5.73 Å². The van der Waals surface area contributed by atoms with Crippen molar-refractivity contribution in [1.82, 2.24) is 10.6 Å². The van der Waals surface area contributed by atoms with Crippen LogP contribution < -0.4 is 16.4 Å². The molecule has 0 radical (unpaired) electrons. The Morgan fingerprint density at radius 3 is 2.78 bits per heavy atom. The van der Waals surface area contributed by atoms with Crippen LogP contribution in [-0.4, -0.2) is 32.1 Å². The van der Waals surface area contributed by atoms with E-state index in [4.69, 9.17) is 7.10 Å². The molecule has 0 bridgehead atoms. The zero-order valence-corrected chi connectivity index (χ0v) is 10.7. The van der Waals surface area contributed by atoms with Gasteiger partial charge in [0.15, 0.2) is 0 Å². The molecule has 1 atom stereocenters. The van der Waals surface area contributed by atoms with Crippen LogP contribution in [0, 0.1) is 0 Å². The van der Waals surface area contributed by atoms with Crippen LogP contribution in [0.1, 0.15) is 19.8 Å². The van der Waals surface area contributed by atoms with Gasteiger partial charge in [-0.1, -0.05) is 30.3 Å². The van der Waals surface area contributed by atoms with Gasteiger partial charge in [-0.3, -0.25) is 4.79 Å². The normalized spacial score (nSPS) is 12.8. The molecule has 0 heterocycles. The molecule has 0 saturated heterocycles. The molecule has 4 N–H and O–H groups in total. The Kier molecular flexibility index (Phi) is 6.98. The van der Waals surface area contributed by atoms with Crippen LogP contribution in [0.2, 0.25) is 0 Å². The van der Waals surface area contributed by atoms with E-state index in [1.807, 2.05) is 18.2 Å². The number of nitrogens with one attached hydrogen (secondary N) is 2. The Balaban J connectivity index is 2.08. The molecule has 1 rings (SSSR count). The highest BCUT2D eigenvalue weighted by molar-refractivity contribution is 5.77. The quantitative estimate of drug-likeness (QED) is 0.603. The lowest BCUT2D eigenvalue weighted by Crippen LogP contribution is -2.36. The molecule has 1 aromatic carbocycles.